The maximum Gasteiger partial charge on any atom is 0.295 e. The molecule has 0 bridgehead atoms. The largest absolute Gasteiger partial charge is 0.507 e. The number of Topliss-reactive ketones (excluding diaryl/α,β-unsaturated/α-hetero) is 1. The summed E-state index contributed by atoms with van der Waals surface area (Å²) in [5.74, 6) is -1.35. The number of aliphatic hydroxyl groups is 1. The van der Waals surface area contributed by atoms with Gasteiger partial charge in [-0.3, -0.25) is 9.59 Å². The molecule has 34 heavy (non-hydrogen) atoms. The molecule has 0 spiro atoms. The number of fused-ring (bicyclic) bond motifs is 1. The highest BCUT2D eigenvalue weighted by Gasteiger charge is 2.45. The SMILES string of the molecule is C[C@@H]1Cc2cc(C(O)=C3C(=O)C(=O)N(CCCn4ccnc4)[C@@H]3c3ccc(F)cc3)ccc2O1. The van der Waals surface area contributed by atoms with Crippen LogP contribution >= 0.6 is 0 Å². The monoisotopic (exact) mass is 461 g/mol. The Morgan fingerprint density at radius 3 is 2.71 bits per heavy atom. The fourth-order valence-corrected chi connectivity index (χ4v) is 4.67. The Hall–Kier alpha value is -3.94. The molecule has 174 valence electrons. The van der Waals surface area contributed by atoms with Crippen LogP contribution in [0.15, 0.2) is 66.8 Å². The minimum absolute atomic E-state index is 0.00570. The van der Waals surface area contributed by atoms with Gasteiger partial charge in [-0.25, -0.2) is 9.37 Å². The van der Waals surface area contributed by atoms with Gasteiger partial charge in [0.25, 0.3) is 11.7 Å². The van der Waals surface area contributed by atoms with Gasteiger partial charge >= 0.3 is 0 Å². The van der Waals surface area contributed by atoms with Gasteiger partial charge < -0.3 is 19.3 Å². The summed E-state index contributed by atoms with van der Waals surface area (Å²) in [7, 11) is 0. The molecule has 1 fully saturated rings. The first-order chi connectivity index (χ1) is 16.4. The Morgan fingerprint density at radius 1 is 1.18 bits per heavy atom. The number of carbonyl (C=O) groups excluding carboxylic acids is 2. The summed E-state index contributed by atoms with van der Waals surface area (Å²) in [6.07, 6.45) is 6.49. The molecule has 2 atom stereocenters. The number of hydrogen-bond donors (Lipinski definition) is 1. The van der Waals surface area contributed by atoms with E-state index >= 15 is 0 Å². The number of aliphatic hydroxyl groups excluding tert-OH is 1. The summed E-state index contributed by atoms with van der Waals surface area (Å²) in [6, 6.07) is 10.1. The first kappa shape index (κ1) is 21.9. The molecular weight excluding hydrogens is 437 g/mol. The lowest BCUT2D eigenvalue weighted by Gasteiger charge is -2.25. The summed E-state index contributed by atoms with van der Waals surface area (Å²) in [5, 5.41) is 11.2. The minimum Gasteiger partial charge on any atom is -0.507 e. The summed E-state index contributed by atoms with van der Waals surface area (Å²) in [4.78, 5) is 31.6. The van der Waals surface area contributed by atoms with Crippen LogP contribution in [0.25, 0.3) is 5.76 Å². The number of ketones is 1. The number of likely N-dealkylation sites (tertiary alicyclic amines) is 1. The second-order valence-corrected chi connectivity index (χ2v) is 8.65. The maximum absolute atomic E-state index is 13.6. The number of carbonyl (C=O) groups is 2. The molecule has 1 N–H and O–H groups in total. The Balaban J connectivity index is 1.52. The van der Waals surface area contributed by atoms with Gasteiger partial charge in [-0.2, -0.15) is 0 Å². The Kier molecular flexibility index (Phi) is 5.65. The van der Waals surface area contributed by atoms with Crippen molar-refractivity contribution in [2.45, 2.75) is 38.5 Å². The van der Waals surface area contributed by atoms with E-state index in [-0.39, 0.29) is 24.0 Å². The average molecular weight is 461 g/mol. The molecule has 3 heterocycles. The lowest BCUT2D eigenvalue weighted by Crippen LogP contribution is -2.31. The van der Waals surface area contributed by atoms with E-state index in [1.165, 1.54) is 17.0 Å². The summed E-state index contributed by atoms with van der Waals surface area (Å²) in [5.41, 5.74) is 1.94. The number of imidazole rings is 1. The van der Waals surface area contributed by atoms with Crippen LogP contribution in [0.3, 0.4) is 0 Å². The van der Waals surface area contributed by atoms with Crippen LogP contribution < -0.4 is 4.74 Å². The number of nitrogens with zero attached hydrogens (tertiary/aromatic N) is 3. The third-order valence-electron chi connectivity index (χ3n) is 6.27. The van der Waals surface area contributed by atoms with Crippen LogP contribution in [0.4, 0.5) is 4.39 Å². The van der Waals surface area contributed by atoms with E-state index in [9.17, 15) is 19.1 Å². The topological polar surface area (TPSA) is 84.7 Å². The van der Waals surface area contributed by atoms with E-state index in [1.54, 1.807) is 42.9 Å². The predicted molar refractivity (Wildman–Crippen MR) is 122 cm³/mol. The number of aryl methyl sites for hydroxylation is 1. The van der Waals surface area contributed by atoms with Gasteiger partial charge in [-0.05, 0) is 54.8 Å². The Labute approximate surface area is 196 Å². The summed E-state index contributed by atoms with van der Waals surface area (Å²) >= 11 is 0. The zero-order valence-corrected chi connectivity index (χ0v) is 18.6. The van der Waals surface area contributed by atoms with Crippen molar-refractivity contribution in [2.75, 3.05) is 6.54 Å². The highest BCUT2D eigenvalue weighted by molar-refractivity contribution is 6.46. The lowest BCUT2D eigenvalue weighted by atomic mass is 9.94. The molecule has 0 aliphatic carbocycles. The van der Waals surface area contributed by atoms with Gasteiger partial charge in [0.2, 0.25) is 0 Å². The first-order valence-corrected chi connectivity index (χ1v) is 11.2. The quantitative estimate of drug-likeness (QED) is 0.342. The van der Waals surface area contributed by atoms with E-state index < -0.39 is 23.5 Å². The Morgan fingerprint density at radius 2 is 1.97 bits per heavy atom. The molecule has 3 aromatic rings. The molecule has 1 aromatic heterocycles. The smallest absolute Gasteiger partial charge is 0.295 e. The van der Waals surface area contributed by atoms with Crippen molar-refractivity contribution >= 4 is 17.4 Å². The van der Waals surface area contributed by atoms with Gasteiger partial charge in [0.15, 0.2) is 0 Å². The molecule has 0 saturated carbocycles. The number of benzene rings is 2. The number of hydrogen-bond acceptors (Lipinski definition) is 5. The van der Waals surface area contributed by atoms with Gasteiger partial charge in [0.05, 0.1) is 17.9 Å². The van der Waals surface area contributed by atoms with Crippen LogP contribution in [0.5, 0.6) is 5.75 Å². The second kappa shape index (κ2) is 8.78. The van der Waals surface area contributed by atoms with Gasteiger partial charge in [0, 0.05) is 37.5 Å². The molecule has 5 rings (SSSR count). The van der Waals surface area contributed by atoms with Gasteiger partial charge in [0.1, 0.15) is 23.4 Å². The van der Waals surface area contributed by atoms with Crippen LogP contribution in [0.2, 0.25) is 0 Å². The van der Waals surface area contributed by atoms with Crippen molar-refractivity contribution in [3.05, 3.63) is 89.3 Å². The van der Waals surface area contributed by atoms with E-state index in [2.05, 4.69) is 4.98 Å². The van der Waals surface area contributed by atoms with Gasteiger partial charge in [-0.15, -0.1) is 0 Å². The molecule has 0 radical (unpaired) electrons. The van der Waals surface area contributed by atoms with Crippen LogP contribution in [-0.4, -0.2) is 43.9 Å². The number of rotatable bonds is 6. The molecule has 7 nitrogen and oxygen atoms in total. The second-order valence-electron chi connectivity index (χ2n) is 8.65. The van der Waals surface area contributed by atoms with E-state index in [4.69, 9.17) is 4.74 Å². The maximum atomic E-state index is 13.6. The normalized spacial score (nSPS) is 21.1. The molecule has 1 saturated heterocycles. The lowest BCUT2D eigenvalue weighted by molar-refractivity contribution is -0.139. The molecule has 8 heteroatoms. The van der Waals surface area contributed by atoms with Crippen molar-refractivity contribution in [1.82, 2.24) is 14.5 Å². The number of aromatic nitrogens is 2. The number of amides is 1. The molecule has 2 aliphatic rings. The number of halogens is 1. The zero-order chi connectivity index (χ0) is 23.8. The third-order valence-corrected chi connectivity index (χ3v) is 6.27. The molecule has 2 aliphatic heterocycles. The first-order valence-electron chi connectivity index (χ1n) is 11.2. The van der Waals surface area contributed by atoms with Crippen molar-refractivity contribution < 1.29 is 23.8 Å². The van der Waals surface area contributed by atoms with Crippen LogP contribution in [0, 0.1) is 5.82 Å². The predicted octanol–water partition coefficient (Wildman–Crippen LogP) is 3.86. The van der Waals surface area contributed by atoms with Crippen molar-refractivity contribution in [3.63, 3.8) is 0 Å². The highest BCUT2D eigenvalue weighted by Crippen LogP contribution is 2.40. The number of ether oxygens (including phenoxy) is 1. The fourth-order valence-electron chi connectivity index (χ4n) is 4.67. The van der Waals surface area contributed by atoms with E-state index in [1.807, 2.05) is 17.7 Å². The standard InChI is InChI=1S/C26H24FN3O4/c1-16-13-19-14-18(5-8-21(19)34-16)24(31)22-23(17-3-6-20(27)7-4-17)30(26(33)25(22)32)11-2-10-29-12-9-28-15-29/h3-9,12,14-16,23,31H,2,10-11,13H2,1H3/t16-,23-/m1/s1. The third kappa shape index (κ3) is 3.96. The molecule has 2 aromatic carbocycles. The van der Waals surface area contributed by atoms with Crippen molar-refractivity contribution in [2.24, 2.45) is 0 Å². The highest BCUT2D eigenvalue weighted by atomic mass is 19.1. The van der Waals surface area contributed by atoms with Gasteiger partial charge in [-0.1, -0.05) is 12.1 Å². The van der Waals surface area contributed by atoms with E-state index in [0.717, 1.165) is 11.3 Å². The average Bonchev–Trinajstić information content (AvgIpc) is 3.53. The van der Waals surface area contributed by atoms with E-state index in [0.29, 0.717) is 30.5 Å². The molecule has 1 amide bonds. The van der Waals surface area contributed by atoms with Crippen molar-refractivity contribution in [3.8, 4) is 5.75 Å². The summed E-state index contributed by atoms with van der Waals surface area (Å²) < 4.78 is 21.2. The van der Waals surface area contributed by atoms with Crippen LogP contribution in [-0.2, 0) is 22.6 Å². The zero-order valence-electron chi connectivity index (χ0n) is 18.6. The minimum atomic E-state index is -0.813. The fraction of sp³-hybridized carbons (Fsp3) is 0.269. The van der Waals surface area contributed by atoms with Crippen LogP contribution in [0.1, 0.15) is 36.1 Å². The Bertz CT molecular complexity index is 1270. The summed E-state index contributed by atoms with van der Waals surface area (Å²) in [6.45, 7) is 2.86. The van der Waals surface area contributed by atoms with Crippen molar-refractivity contribution in [1.29, 1.82) is 0 Å². The molecular formula is C26H24FN3O4. The molecule has 0 unspecified atom stereocenters.